The fourth-order valence-corrected chi connectivity index (χ4v) is 1.52. The fraction of sp³-hybridized carbons (Fsp3) is 0.875. The lowest BCUT2D eigenvalue weighted by molar-refractivity contribution is 0.338. The number of thiocarbonyl (C=S) groups is 1. The van der Waals surface area contributed by atoms with E-state index in [0.29, 0.717) is 6.04 Å². The zero-order chi connectivity index (χ0) is 8.27. The Kier molecular flexibility index (Phi) is 3.43. The zero-order valence-electron chi connectivity index (χ0n) is 7.26. The van der Waals surface area contributed by atoms with Crippen LogP contribution in [0.2, 0.25) is 0 Å². The molecule has 2 nitrogen and oxygen atoms in total. The minimum absolute atomic E-state index is 0.468. The van der Waals surface area contributed by atoms with E-state index in [2.05, 4.69) is 24.2 Å². The molecule has 0 radical (unpaired) electrons. The molecule has 0 spiro atoms. The predicted molar refractivity (Wildman–Crippen MR) is 52.2 cm³/mol. The van der Waals surface area contributed by atoms with Crippen LogP contribution in [0.25, 0.3) is 0 Å². The molecule has 0 aromatic heterocycles. The molecule has 0 amide bonds. The van der Waals surface area contributed by atoms with Crippen molar-refractivity contribution in [2.24, 2.45) is 0 Å². The van der Waals surface area contributed by atoms with Crippen LogP contribution in [0.4, 0.5) is 0 Å². The van der Waals surface area contributed by atoms with Crippen LogP contribution in [0.5, 0.6) is 0 Å². The molecule has 1 N–H and O–H groups in total. The number of nitrogens with zero attached hydrogens (tertiary/aromatic N) is 1. The second kappa shape index (κ2) is 4.14. The Bertz CT molecular complexity index is 147. The SMILES string of the molecule is CCN(C)CC1NCCC1=S. The average Bonchev–Trinajstić information content (AvgIpc) is 2.37. The third-order valence-corrected chi connectivity index (χ3v) is 2.67. The van der Waals surface area contributed by atoms with Crippen LogP contribution in [0.3, 0.4) is 0 Å². The molecule has 1 heterocycles. The van der Waals surface area contributed by atoms with E-state index in [1.165, 1.54) is 4.86 Å². The Morgan fingerprint density at radius 1 is 1.73 bits per heavy atom. The van der Waals surface area contributed by atoms with Crippen LogP contribution < -0.4 is 5.32 Å². The van der Waals surface area contributed by atoms with Crippen LogP contribution in [0, 0.1) is 0 Å². The maximum atomic E-state index is 5.22. The van der Waals surface area contributed by atoms with Crippen LogP contribution in [0.15, 0.2) is 0 Å². The normalized spacial score (nSPS) is 25.0. The molecular formula is C8H16N2S. The lowest BCUT2D eigenvalue weighted by atomic mass is 10.2. The Morgan fingerprint density at radius 2 is 2.45 bits per heavy atom. The first-order valence-corrected chi connectivity index (χ1v) is 4.59. The lowest BCUT2D eigenvalue weighted by Gasteiger charge is -2.19. The minimum Gasteiger partial charge on any atom is -0.308 e. The molecule has 1 atom stereocenters. The van der Waals surface area contributed by atoms with Crippen LogP contribution in [-0.4, -0.2) is 42.5 Å². The highest BCUT2D eigenvalue weighted by Gasteiger charge is 2.20. The second-order valence-electron chi connectivity index (χ2n) is 3.08. The molecule has 3 heteroatoms. The van der Waals surface area contributed by atoms with Crippen molar-refractivity contribution in [3.63, 3.8) is 0 Å². The van der Waals surface area contributed by atoms with Gasteiger partial charge in [0.25, 0.3) is 0 Å². The smallest absolute Gasteiger partial charge is 0.0513 e. The van der Waals surface area contributed by atoms with Gasteiger partial charge in [-0.2, -0.15) is 0 Å². The first kappa shape index (κ1) is 9.10. The topological polar surface area (TPSA) is 15.3 Å². The largest absolute Gasteiger partial charge is 0.308 e. The zero-order valence-corrected chi connectivity index (χ0v) is 8.08. The summed E-state index contributed by atoms with van der Waals surface area (Å²) in [7, 11) is 2.13. The van der Waals surface area contributed by atoms with E-state index in [1.54, 1.807) is 0 Å². The van der Waals surface area contributed by atoms with Gasteiger partial charge in [-0.15, -0.1) is 0 Å². The van der Waals surface area contributed by atoms with Crippen molar-refractivity contribution in [3.8, 4) is 0 Å². The van der Waals surface area contributed by atoms with E-state index in [4.69, 9.17) is 12.2 Å². The van der Waals surface area contributed by atoms with Crippen molar-refractivity contribution in [2.45, 2.75) is 19.4 Å². The van der Waals surface area contributed by atoms with E-state index in [0.717, 1.165) is 26.1 Å². The van der Waals surface area contributed by atoms with Crippen LogP contribution in [0.1, 0.15) is 13.3 Å². The number of nitrogens with one attached hydrogen (secondary N) is 1. The van der Waals surface area contributed by atoms with Gasteiger partial charge in [-0.05, 0) is 20.0 Å². The van der Waals surface area contributed by atoms with Gasteiger partial charge in [0.1, 0.15) is 0 Å². The van der Waals surface area contributed by atoms with Gasteiger partial charge < -0.3 is 10.2 Å². The molecule has 1 rings (SSSR count). The summed E-state index contributed by atoms with van der Waals surface area (Å²) in [6, 6.07) is 0.468. The molecule has 0 aliphatic carbocycles. The monoisotopic (exact) mass is 172 g/mol. The molecule has 0 bridgehead atoms. The minimum atomic E-state index is 0.468. The van der Waals surface area contributed by atoms with Gasteiger partial charge in [-0.25, -0.2) is 0 Å². The molecule has 11 heavy (non-hydrogen) atoms. The van der Waals surface area contributed by atoms with Crippen molar-refractivity contribution in [2.75, 3.05) is 26.7 Å². The molecule has 64 valence electrons. The summed E-state index contributed by atoms with van der Waals surface area (Å²) >= 11 is 5.22. The molecule has 1 saturated heterocycles. The molecular weight excluding hydrogens is 156 g/mol. The highest BCUT2D eigenvalue weighted by atomic mass is 32.1. The van der Waals surface area contributed by atoms with Gasteiger partial charge in [0.2, 0.25) is 0 Å². The summed E-state index contributed by atoms with van der Waals surface area (Å²) in [6.07, 6.45) is 1.08. The number of hydrogen-bond acceptors (Lipinski definition) is 3. The van der Waals surface area contributed by atoms with Crippen molar-refractivity contribution in [3.05, 3.63) is 0 Å². The molecule has 1 fully saturated rings. The predicted octanol–water partition coefficient (Wildman–Crippen LogP) is 0.670. The first-order valence-electron chi connectivity index (χ1n) is 4.18. The van der Waals surface area contributed by atoms with Crippen LogP contribution in [-0.2, 0) is 0 Å². The maximum absolute atomic E-state index is 5.22. The number of hydrogen-bond donors (Lipinski definition) is 1. The standard InChI is InChI=1S/C8H16N2S/c1-3-10(2)6-7-8(11)4-5-9-7/h7,9H,3-6H2,1-2H3. The van der Waals surface area contributed by atoms with Gasteiger partial charge in [0, 0.05) is 18.0 Å². The lowest BCUT2D eigenvalue weighted by Crippen LogP contribution is -2.38. The summed E-state index contributed by atoms with van der Waals surface area (Å²) in [6.45, 7) is 5.40. The number of likely N-dealkylation sites (N-methyl/N-ethyl adjacent to an activating group) is 1. The highest BCUT2D eigenvalue weighted by molar-refractivity contribution is 7.80. The Labute approximate surface area is 74.0 Å². The van der Waals surface area contributed by atoms with E-state index in [-0.39, 0.29) is 0 Å². The second-order valence-corrected chi connectivity index (χ2v) is 3.60. The van der Waals surface area contributed by atoms with Crippen LogP contribution >= 0.6 is 12.2 Å². The molecule has 0 saturated carbocycles. The van der Waals surface area contributed by atoms with E-state index >= 15 is 0 Å². The third-order valence-electron chi connectivity index (χ3n) is 2.18. The fourth-order valence-electron chi connectivity index (χ4n) is 1.26. The highest BCUT2D eigenvalue weighted by Crippen LogP contribution is 2.03. The maximum Gasteiger partial charge on any atom is 0.0513 e. The Balaban J connectivity index is 2.30. The average molecular weight is 172 g/mol. The van der Waals surface area contributed by atoms with Crippen molar-refractivity contribution in [1.82, 2.24) is 10.2 Å². The van der Waals surface area contributed by atoms with E-state index < -0.39 is 0 Å². The molecule has 1 unspecified atom stereocenters. The Morgan fingerprint density at radius 3 is 2.91 bits per heavy atom. The van der Waals surface area contributed by atoms with Crippen molar-refractivity contribution in [1.29, 1.82) is 0 Å². The van der Waals surface area contributed by atoms with Gasteiger partial charge in [0.15, 0.2) is 0 Å². The van der Waals surface area contributed by atoms with Gasteiger partial charge in [-0.3, -0.25) is 0 Å². The molecule has 1 aliphatic heterocycles. The van der Waals surface area contributed by atoms with E-state index in [9.17, 15) is 0 Å². The quantitative estimate of drug-likeness (QED) is 0.630. The first-order chi connectivity index (χ1) is 5.24. The molecule has 0 aromatic rings. The molecule has 0 aromatic carbocycles. The number of rotatable bonds is 3. The van der Waals surface area contributed by atoms with E-state index in [1.807, 2.05) is 0 Å². The van der Waals surface area contributed by atoms with Gasteiger partial charge >= 0.3 is 0 Å². The van der Waals surface area contributed by atoms with Crippen molar-refractivity contribution < 1.29 is 0 Å². The van der Waals surface area contributed by atoms with Crippen molar-refractivity contribution >= 4 is 17.1 Å². The summed E-state index contributed by atoms with van der Waals surface area (Å²) < 4.78 is 0. The summed E-state index contributed by atoms with van der Waals surface area (Å²) in [4.78, 5) is 3.49. The molecule has 1 aliphatic rings. The van der Waals surface area contributed by atoms with Gasteiger partial charge in [-0.1, -0.05) is 19.1 Å². The van der Waals surface area contributed by atoms with Gasteiger partial charge in [0.05, 0.1) is 6.04 Å². The summed E-state index contributed by atoms with van der Waals surface area (Å²) in [5.74, 6) is 0. The Hall–Kier alpha value is 0.01000. The third kappa shape index (κ3) is 2.51. The summed E-state index contributed by atoms with van der Waals surface area (Å²) in [5.41, 5.74) is 0. The summed E-state index contributed by atoms with van der Waals surface area (Å²) in [5, 5.41) is 3.39.